The molecule has 0 radical (unpaired) electrons. The molecule has 10 aromatic rings. The number of benzene rings is 9. The molecule has 1 nitrogen and oxygen atoms in total. The Labute approximate surface area is 299 Å². The lowest BCUT2D eigenvalue weighted by Gasteiger charge is -2.18. The fraction of sp³-hybridized carbons (Fsp3) is 0. The highest BCUT2D eigenvalue weighted by atomic mass is 16.3. The summed E-state index contributed by atoms with van der Waals surface area (Å²) in [6.45, 7) is 0. The average Bonchev–Trinajstić information content (AvgIpc) is 3.68. The predicted octanol–water partition coefficient (Wildman–Crippen LogP) is 13.7. The highest BCUT2D eigenvalue weighted by Gasteiger charge is 2.20. The lowest BCUT2D eigenvalue weighted by Crippen LogP contribution is -1.91. The Hall–Kier alpha value is -6.44. The van der Waals surface area contributed by atoms with Crippen molar-refractivity contribution in [3.63, 3.8) is 0 Å². The molecule has 0 N–H and O–H groups in total. The van der Waals surface area contributed by atoms with Crippen LogP contribution in [0.15, 0.2) is 186 Å². The van der Waals surface area contributed by atoms with Gasteiger partial charge in [0, 0.05) is 21.9 Å². The van der Waals surface area contributed by atoms with E-state index in [4.69, 9.17) is 15.4 Å². The van der Waals surface area contributed by atoms with Crippen LogP contribution in [0.5, 0.6) is 0 Å². The Bertz CT molecular complexity index is 3430. The number of furan rings is 1. The Morgan fingerprint density at radius 3 is 1.82 bits per heavy atom. The molecular weight excluding hydrogens is 593 g/mol. The summed E-state index contributed by atoms with van der Waals surface area (Å²) < 4.78 is 103. The van der Waals surface area contributed by atoms with Crippen LogP contribution in [0.1, 0.15) is 15.1 Å². The lowest BCUT2D eigenvalue weighted by atomic mass is 9.85. The molecule has 1 heteroatoms. The first-order chi connectivity index (χ1) is 28.9. The topological polar surface area (TPSA) is 13.1 Å². The van der Waals surface area contributed by atoms with E-state index in [0.29, 0.717) is 5.56 Å². The summed E-state index contributed by atoms with van der Waals surface area (Å²) in [6.07, 6.45) is 0. The molecule has 1 heterocycles. The van der Waals surface area contributed by atoms with E-state index in [1.807, 2.05) is 66.7 Å². The van der Waals surface area contributed by atoms with Crippen LogP contribution in [-0.2, 0) is 0 Å². The number of para-hydroxylation sites is 1. The van der Waals surface area contributed by atoms with Gasteiger partial charge >= 0.3 is 0 Å². The molecule has 0 amide bonds. The van der Waals surface area contributed by atoms with Crippen LogP contribution in [0, 0.1) is 0 Å². The Morgan fingerprint density at radius 2 is 1.04 bits per heavy atom. The zero-order valence-electron chi connectivity index (χ0n) is 36.9. The van der Waals surface area contributed by atoms with Crippen LogP contribution in [0.2, 0.25) is 0 Å². The molecule has 9 aromatic carbocycles. The average molecular weight is 634 g/mol. The zero-order valence-corrected chi connectivity index (χ0v) is 25.9. The van der Waals surface area contributed by atoms with Crippen molar-refractivity contribution in [2.24, 2.45) is 0 Å². The van der Waals surface area contributed by atoms with Gasteiger partial charge in [0.15, 0.2) is 0 Å². The van der Waals surface area contributed by atoms with Crippen molar-refractivity contribution < 1.29 is 19.5 Å². The summed E-state index contributed by atoms with van der Waals surface area (Å²) in [7, 11) is 0. The maximum Gasteiger partial charge on any atom is 0.143 e. The van der Waals surface area contributed by atoms with Gasteiger partial charge in [-0.3, -0.25) is 0 Å². The lowest BCUT2D eigenvalue weighted by molar-refractivity contribution is 0.670. The molecule has 10 rings (SSSR count). The van der Waals surface area contributed by atoms with Gasteiger partial charge in [-0.05, 0) is 83.8 Å². The molecule has 0 bridgehead atoms. The maximum atomic E-state index is 9.43. The Morgan fingerprint density at radius 1 is 0.388 bits per heavy atom. The van der Waals surface area contributed by atoms with Gasteiger partial charge < -0.3 is 4.42 Å². The molecule has 0 spiro atoms. The van der Waals surface area contributed by atoms with Crippen LogP contribution in [0.4, 0.5) is 0 Å². The second-order valence-corrected chi connectivity index (χ2v) is 12.0. The van der Waals surface area contributed by atoms with Crippen LogP contribution < -0.4 is 0 Å². The van der Waals surface area contributed by atoms with Crippen molar-refractivity contribution in [1.29, 1.82) is 0 Å². The summed E-state index contributed by atoms with van der Waals surface area (Å²) in [6, 6.07) is 32.5. The molecule has 228 valence electrons. The van der Waals surface area contributed by atoms with Crippen molar-refractivity contribution in [3.8, 4) is 44.5 Å². The van der Waals surface area contributed by atoms with Crippen molar-refractivity contribution in [1.82, 2.24) is 0 Å². The zero-order chi connectivity index (χ0) is 41.9. The van der Waals surface area contributed by atoms with Gasteiger partial charge in [0.1, 0.15) is 11.2 Å². The van der Waals surface area contributed by atoms with Crippen molar-refractivity contribution >= 4 is 54.3 Å². The predicted molar refractivity (Wildman–Crippen MR) is 208 cm³/mol. The van der Waals surface area contributed by atoms with Crippen molar-refractivity contribution in [3.05, 3.63) is 182 Å². The number of hydrogen-bond acceptors (Lipinski definition) is 1. The largest absolute Gasteiger partial charge is 0.455 e. The van der Waals surface area contributed by atoms with E-state index in [9.17, 15) is 4.11 Å². The molecular formula is C48H30O. The minimum atomic E-state index is -0.656. The first-order valence-electron chi connectivity index (χ1n) is 21.5. The summed E-state index contributed by atoms with van der Waals surface area (Å²) in [5, 5.41) is 5.30. The summed E-state index contributed by atoms with van der Waals surface area (Å²) in [5.41, 5.74) is 3.66. The van der Waals surface area contributed by atoms with Gasteiger partial charge in [0.25, 0.3) is 0 Å². The minimum absolute atomic E-state index is 0.0272. The van der Waals surface area contributed by atoms with Crippen LogP contribution >= 0.6 is 0 Å². The van der Waals surface area contributed by atoms with Crippen LogP contribution in [-0.4, -0.2) is 0 Å². The molecule has 0 aliphatic rings. The number of hydrogen-bond donors (Lipinski definition) is 0. The third-order valence-electron chi connectivity index (χ3n) is 9.24. The summed E-state index contributed by atoms with van der Waals surface area (Å²) in [4.78, 5) is 0. The summed E-state index contributed by atoms with van der Waals surface area (Å²) >= 11 is 0. The second-order valence-electron chi connectivity index (χ2n) is 12.0. The maximum absolute atomic E-state index is 9.43. The molecule has 0 unspecified atom stereocenters. The van der Waals surface area contributed by atoms with E-state index in [0.717, 1.165) is 54.6 Å². The Kier molecular flexibility index (Phi) is 4.25. The van der Waals surface area contributed by atoms with E-state index in [1.165, 1.54) is 0 Å². The molecule has 0 atom stereocenters. The van der Waals surface area contributed by atoms with E-state index < -0.39 is 66.0 Å². The molecule has 0 aliphatic carbocycles. The van der Waals surface area contributed by atoms with Crippen LogP contribution in [0.25, 0.3) is 98.8 Å². The fourth-order valence-corrected chi connectivity index (χ4v) is 7.12. The molecule has 0 aliphatic heterocycles. The molecule has 1 aromatic heterocycles. The van der Waals surface area contributed by atoms with Crippen molar-refractivity contribution in [2.75, 3.05) is 0 Å². The van der Waals surface area contributed by atoms with Gasteiger partial charge in [-0.2, -0.15) is 0 Å². The number of fused-ring (bicyclic) bond motifs is 6. The molecule has 0 fully saturated rings. The normalized spacial score (nSPS) is 14.8. The third kappa shape index (κ3) is 4.40. The van der Waals surface area contributed by atoms with Gasteiger partial charge in [0.05, 0.1) is 15.1 Å². The molecule has 0 saturated heterocycles. The van der Waals surface area contributed by atoms with E-state index in [-0.39, 0.29) is 39.1 Å². The van der Waals surface area contributed by atoms with E-state index in [2.05, 4.69) is 48.5 Å². The number of rotatable bonds is 4. The smallest absolute Gasteiger partial charge is 0.143 e. The van der Waals surface area contributed by atoms with Gasteiger partial charge in [-0.15, -0.1) is 0 Å². The summed E-state index contributed by atoms with van der Waals surface area (Å²) in [5.74, 6) is 0. The van der Waals surface area contributed by atoms with Gasteiger partial charge in [0.2, 0.25) is 0 Å². The highest BCUT2D eigenvalue weighted by Crippen LogP contribution is 2.47. The van der Waals surface area contributed by atoms with E-state index in [1.54, 1.807) is 0 Å². The first kappa shape index (κ1) is 18.8. The van der Waals surface area contributed by atoms with Gasteiger partial charge in [-0.25, -0.2) is 0 Å². The molecule has 0 saturated carbocycles. The molecule has 49 heavy (non-hydrogen) atoms. The van der Waals surface area contributed by atoms with Crippen molar-refractivity contribution in [2.45, 2.75) is 0 Å². The fourth-order valence-electron chi connectivity index (χ4n) is 7.12. The standard InChI is InChI=1S/C48H30O/c1-2-13-31(14-3-1)33-27-28-38-43-25-12-26-44(48(43)49-45(38)30-33)47-41-22-8-6-20-39(41)46(40-21-7-9-23-42(40)47)35-18-10-17-34(29-35)37-24-11-16-32-15-4-5-19-36(32)37/h1-30H/i1D,2D,3D,12D,13D,14D,25D,26D,27D,28D,30D. The van der Waals surface area contributed by atoms with Crippen LogP contribution in [0.3, 0.4) is 0 Å². The third-order valence-corrected chi connectivity index (χ3v) is 9.24. The second kappa shape index (κ2) is 11.1. The van der Waals surface area contributed by atoms with E-state index >= 15 is 0 Å². The monoisotopic (exact) mass is 633 g/mol. The first-order valence-corrected chi connectivity index (χ1v) is 16.0. The highest BCUT2D eigenvalue weighted by molar-refractivity contribution is 6.24. The SMILES string of the molecule is [2H]c1c([2H])c([2H])c(-c2c([2H])c([2H])c3c(oc4c(-c5c6ccccc6c(-c6cccc(-c7cccc8ccccc78)c6)c6ccccc56)c([2H])c([2H])c([2H])c43)c2[2H])c([2H])c1[2H]. The quantitative estimate of drug-likeness (QED) is 0.176. The minimum Gasteiger partial charge on any atom is -0.455 e. The van der Waals surface area contributed by atoms with Gasteiger partial charge in [-0.1, -0.05) is 164 Å². The Balaban J connectivity index is 1.30.